The van der Waals surface area contributed by atoms with Gasteiger partial charge in [-0.3, -0.25) is 0 Å². The van der Waals surface area contributed by atoms with Crippen LogP contribution in [0.4, 0.5) is 11.4 Å². The molecule has 0 heterocycles. The van der Waals surface area contributed by atoms with Crippen molar-refractivity contribution in [2.75, 3.05) is 11.5 Å². The summed E-state index contributed by atoms with van der Waals surface area (Å²) >= 11 is 0. The van der Waals surface area contributed by atoms with E-state index in [0.29, 0.717) is 11.4 Å². The minimum atomic E-state index is -3.48. The summed E-state index contributed by atoms with van der Waals surface area (Å²) in [6, 6.07) is 12.2. The molecule has 0 aliphatic heterocycles. The van der Waals surface area contributed by atoms with E-state index in [-0.39, 0.29) is 57.7 Å². The van der Waals surface area contributed by atoms with Crippen molar-refractivity contribution in [1.29, 1.82) is 0 Å². The summed E-state index contributed by atoms with van der Waals surface area (Å²) in [6.45, 7) is 0. The topological polar surface area (TPSA) is 86.2 Å². The second-order valence-electron chi connectivity index (χ2n) is 3.64. The smallest absolute Gasteiger partial charge is 0.206 e. The van der Waals surface area contributed by atoms with Crippen LogP contribution in [-0.2, 0) is 9.84 Å². The van der Waals surface area contributed by atoms with Crippen LogP contribution in [-0.4, -0.2) is 8.42 Å². The molecule has 104 valence electrons. The fraction of sp³-hybridized carbons (Fsp3) is 0. The largest absolute Gasteiger partial charge is 0.399 e. The first kappa shape index (κ1) is 18.4. The SMILES string of the molecule is I.I.Nc1ccc(S(=O)(=O)c2ccc(N)cc2)cc1. The molecule has 0 saturated heterocycles. The van der Waals surface area contributed by atoms with Crippen LogP contribution < -0.4 is 11.5 Å². The molecule has 0 unspecified atom stereocenters. The van der Waals surface area contributed by atoms with Crippen LogP contribution in [0.1, 0.15) is 0 Å². The molecule has 4 N–H and O–H groups in total. The van der Waals surface area contributed by atoms with Gasteiger partial charge >= 0.3 is 0 Å². The van der Waals surface area contributed by atoms with E-state index in [4.69, 9.17) is 11.5 Å². The Morgan fingerprint density at radius 3 is 1.16 bits per heavy atom. The van der Waals surface area contributed by atoms with Gasteiger partial charge in [-0.05, 0) is 48.5 Å². The van der Waals surface area contributed by atoms with Crippen molar-refractivity contribution in [1.82, 2.24) is 0 Å². The van der Waals surface area contributed by atoms with E-state index in [0.717, 1.165) is 0 Å². The first-order valence-electron chi connectivity index (χ1n) is 4.96. The van der Waals surface area contributed by atoms with Crippen LogP contribution in [0.3, 0.4) is 0 Å². The Morgan fingerprint density at radius 2 is 0.895 bits per heavy atom. The summed E-state index contributed by atoms with van der Waals surface area (Å²) in [4.78, 5) is 0.438. The standard InChI is InChI=1S/C12H12N2O2S.2HI/c13-9-1-5-11(6-2-9)17(15,16)12-7-3-10(14)4-8-12;;/h1-8H,13-14H2;2*1H. The molecule has 0 radical (unpaired) electrons. The Morgan fingerprint density at radius 1 is 0.632 bits per heavy atom. The fourth-order valence-electron chi connectivity index (χ4n) is 1.43. The van der Waals surface area contributed by atoms with Gasteiger partial charge in [-0.1, -0.05) is 0 Å². The molecular weight excluding hydrogens is 490 g/mol. The highest BCUT2D eigenvalue weighted by Gasteiger charge is 2.16. The summed E-state index contributed by atoms with van der Waals surface area (Å²) < 4.78 is 24.3. The first-order valence-corrected chi connectivity index (χ1v) is 6.44. The second kappa shape index (κ2) is 7.29. The fourth-order valence-corrected chi connectivity index (χ4v) is 2.69. The Balaban J connectivity index is 0.00000162. The molecule has 19 heavy (non-hydrogen) atoms. The summed E-state index contributed by atoms with van der Waals surface area (Å²) in [5.74, 6) is 0. The van der Waals surface area contributed by atoms with E-state index < -0.39 is 9.84 Å². The molecule has 0 aliphatic rings. The minimum absolute atomic E-state index is 0. The molecule has 0 spiro atoms. The van der Waals surface area contributed by atoms with Crippen molar-refractivity contribution in [3.63, 3.8) is 0 Å². The van der Waals surface area contributed by atoms with Crippen molar-refractivity contribution in [3.8, 4) is 0 Å². The molecule has 0 atom stereocenters. The Bertz CT molecular complexity index is 574. The maximum Gasteiger partial charge on any atom is 0.206 e. The van der Waals surface area contributed by atoms with Crippen LogP contribution in [0.2, 0.25) is 0 Å². The van der Waals surface area contributed by atoms with E-state index in [9.17, 15) is 8.42 Å². The molecule has 0 bridgehead atoms. The van der Waals surface area contributed by atoms with Crippen molar-refractivity contribution in [3.05, 3.63) is 48.5 Å². The molecule has 7 heteroatoms. The van der Waals surface area contributed by atoms with Gasteiger partial charge in [-0.2, -0.15) is 0 Å². The molecule has 4 nitrogen and oxygen atoms in total. The van der Waals surface area contributed by atoms with Crippen LogP contribution in [0, 0.1) is 0 Å². The van der Waals surface area contributed by atoms with Crippen molar-refractivity contribution < 1.29 is 8.42 Å². The zero-order valence-corrected chi connectivity index (χ0v) is 15.3. The van der Waals surface area contributed by atoms with Gasteiger partial charge in [0.05, 0.1) is 9.79 Å². The zero-order valence-electron chi connectivity index (χ0n) is 9.81. The van der Waals surface area contributed by atoms with Crippen LogP contribution in [0.25, 0.3) is 0 Å². The number of hydrogen-bond acceptors (Lipinski definition) is 4. The normalized spacial score (nSPS) is 10.1. The predicted octanol–water partition coefficient (Wildman–Crippen LogP) is 2.92. The van der Waals surface area contributed by atoms with Gasteiger partial charge in [-0.15, -0.1) is 48.0 Å². The Kier molecular flexibility index (Phi) is 7.08. The monoisotopic (exact) mass is 504 g/mol. The lowest BCUT2D eigenvalue weighted by molar-refractivity contribution is 0.596. The Labute approximate surface area is 146 Å². The first-order chi connectivity index (χ1) is 8.00. The molecule has 0 fully saturated rings. The average molecular weight is 504 g/mol. The van der Waals surface area contributed by atoms with Crippen LogP contribution in [0.5, 0.6) is 0 Å². The van der Waals surface area contributed by atoms with E-state index in [1.54, 1.807) is 24.3 Å². The third-order valence-electron chi connectivity index (χ3n) is 2.38. The van der Waals surface area contributed by atoms with Crippen molar-refractivity contribution in [2.45, 2.75) is 9.79 Å². The number of hydrogen-bond donors (Lipinski definition) is 2. The molecule has 0 aliphatic carbocycles. The average Bonchev–Trinajstić information content (AvgIpc) is 2.30. The molecule has 0 amide bonds. The Hall–Kier alpha value is -0.550. The number of benzene rings is 2. The predicted molar refractivity (Wildman–Crippen MR) is 98.0 cm³/mol. The van der Waals surface area contributed by atoms with E-state index in [1.807, 2.05) is 0 Å². The minimum Gasteiger partial charge on any atom is -0.399 e. The zero-order chi connectivity index (χ0) is 12.5. The number of anilines is 2. The van der Waals surface area contributed by atoms with E-state index in [2.05, 4.69) is 0 Å². The molecule has 2 rings (SSSR count). The van der Waals surface area contributed by atoms with Gasteiger partial charge in [0, 0.05) is 11.4 Å². The third-order valence-corrected chi connectivity index (χ3v) is 4.17. The van der Waals surface area contributed by atoms with E-state index >= 15 is 0 Å². The van der Waals surface area contributed by atoms with Crippen LogP contribution >= 0.6 is 48.0 Å². The quantitative estimate of drug-likeness (QED) is 0.487. The van der Waals surface area contributed by atoms with Gasteiger partial charge in [0.1, 0.15) is 0 Å². The number of nitrogen functional groups attached to an aromatic ring is 2. The number of halogens is 2. The maximum absolute atomic E-state index is 12.2. The molecule has 2 aromatic rings. The molecule has 0 saturated carbocycles. The molecule has 2 aromatic carbocycles. The van der Waals surface area contributed by atoms with Gasteiger partial charge in [0.15, 0.2) is 0 Å². The third kappa shape index (κ3) is 4.21. The summed E-state index contributed by atoms with van der Waals surface area (Å²) in [7, 11) is -3.48. The lowest BCUT2D eigenvalue weighted by Gasteiger charge is -2.05. The number of sulfone groups is 1. The highest BCUT2D eigenvalue weighted by Crippen LogP contribution is 2.22. The number of nitrogens with two attached hydrogens (primary N) is 2. The van der Waals surface area contributed by atoms with Gasteiger partial charge < -0.3 is 11.5 Å². The van der Waals surface area contributed by atoms with E-state index in [1.165, 1.54) is 24.3 Å². The summed E-state index contributed by atoms with van der Waals surface area (Å²) in [6.07, 6.45) is 0. The highest BCUT2D eigenvalue weighted by atomic mass is 127. The molecule has 0 aromatic heterocycles. The number of rotatable bonds is 2. The van der Waals surface area contributed by atoms with Gasteiger partial charge in [0.2, 0.25) is 9.84 Å². The van der Waals surface area contributed by atoms with Gasteiger partial charge in [-0.25, -0.2) is 8.42 Å². The maximum atomic E-state index is 12.2. The summed E-state index contributed by atoms with van der Waals surface area (Å²) in [5.41, 5.74) is 12.1. The lowest BCUT2D eigenvalue weighted by atomic mass is 10.3. The summed E-state index contributed by atoms with van der Waals surface area (Å²) in [5, 5.41) is 0. The highest BCUT2D eigenvalue weighted by molar-refractivity contribution is 14.0. The van der Waals surface area contributed by atoms with Crippen molar-refractivity contribution in [2.24, 2.45) is 0 Å². The van der Waals surface area contributed by atoms with Gasteiger partial charge in [0.25, 0.3) is 0 Å². The van der Waals surface area contributed by atoms with Crippen LogP contribution in [0.15, 0.2) is 58.3 Å². The molecular formula is C12H14I2N2O2S. The lowest BCUT2D eigenvalue weighted by Crippen LogP contribution is -2.02. The second-order valence-corrected chi connectivity index (χ2v) is 5.59. The van der Waals surface area contributed by atoms with Crippen molar-refractivity contribution >= 4 is 69.2 Å².